The summed E-state index contributed by atoms with van der Waals surface area (Å²) in [5.74, 6) is 0. The van der Waals surface area contributed by atoms with Crippen LogP contribution >= 0.6 is 0 Å². The van der Waals surface area contributed by atoms with Crippen LogP contribution in [-0.2, 0) is 11.3 Å². The Balaban J connectivity index is 1.76. The van der Waals surface area contributed by atoms with Gasteiger partial charge in [-0.25, -0.2) is 0 Å². The van der Waals surface area contributed by atoms with Gasteiger partial charge in [-0.05, 0) is 18.0 Å². The summed E-state index contributed by atoms with van der Waals surface area (Å²) in [6.45, 7) is 4.63. The summed E-state index contributed by atoms with van der Waals surface area (Å²) >= 11 is 0. The summed E-state index contributed by atoms with van der Waals surface area (Å²) in [7, 11) is 1.97. The molecule has 0 radical (unpaired) electrons. The molecular weight excluding hydrogens is 250 g/mol. The Kier molecular flexibility index (Phi) is 4.25. The van der Waals surface area contributed by atoms with Crippen LogP contribution in [0, 0.1) is 0 Å². The predicted molar refractivity (Wildman–Crippen MR) is 80.7 cm³/mol. The second-order valence-corrected chi connectivity index (χ2v) is 5.31. The third kappa shape index (κ3) is 2.98. The second-order valence-electron chi connectivity index (χ2n) is 5.31. The van der Waals surface area contributed by atoms with Crippen molar-refractivity contribution in [2.45, 2.75) is 12.6 Å². The van der Waals surface area contributed by atoms with Crippen LogP contribution in [0.25, 0.3) is 10.8 Å². The summed E-state index contributed by atoms with van der Waals surface area (Å²) in [5.41, 5.74) is 1.30. The van der Waals surface area contributed by atoms with E-state index in [9.17, 15) is 0 Å². The number of likely N-dealkylation sites (N-methyl/N-ethyl adjacent to an activating group) is 1. The van der Waals surface area contributed by atoms with Gasteiger partial charge < -0.3 is 10.1 Å². The van der Waals surface area contributed by atoms with Crippen LogP contribution in [0.1, 0.15) is 5.56 Å². The molecule has 2 aromatic rings. The van der Waals surface area contributed by atoms with E-state index >= 15 is 0 Å². The summed E-state index contributed by atoms with van der Waals surface area (Å²) < 4.78 is 5.75. The highest BCUT2D eigenvalue weighted by Gasteiger charge is 2.20. The average molecular weight is 271 g/mol. The standard InChI is InChI=1S/C16H21N3O/c1-17-10-15-12-19(6-7-20-15)11-14-9-18-8-13-4-2-3-5-16(13)14/h2-5,8-9,15,17H,6-7,10-12H2,1H3. The lowest BCUT2D eigenvalue weighted by atomic mass is 10.1. The fourth-order valence-electron chi connectivity index (χ4n) is 2.82. The first-order valence-electron chi connectivity index (χ1n) is 7.17. The largest absolute Gasteiger partial charge is 0.374 e. The van der Waals surface area contributed by atoms with E-state index in [0.717, 1.165) is 32.8 Å². The van der Waals surface area contributed by atoms with Crippen molar-refractivity contribution in [1.29, 1.82) is 0 Å². The van der Waals surface area contributed by atoms with Gasteiger partial charge in [0.15, 0.2) is 0 Å². The van der Waals surface area contributed by atoms with Crippen molar-refractivity contribution in [3.8, 4) is 0 Å². The Morgan fingerprint density at radius 3 is 3.15 bits per heavy atom. The number of nitrogens with zero attached hydrogens (tertiary/aromatic N) is 2. The number of ether oxygens (including phenoxy) is 1. The molecule has 3 rings (SSSR count). The van der Waals surface area contributed by atoms with Crippen molar-refractivity contribution in [3.63, 3.8) is 0 Å². The van der Waals surface area contributed by atoms with Crippen LogP contribution in [0.3, 0.4) is 0 Å². The van der Waals surface area contributed by atoms with Crippen LogP contribution in [0.2, 0.25) is 0 Å². The maximum absolute atomic E-state index is 5.75. The number of fused-ring (bicyclic) bond motifs is 1. The van der Waals surface area contributed by atoms with Gasteiger partial charge in [0.25, 0.3) is 0 Å². The molecule has 4 heteroatoms. The molecule has 1 aromatic carbocycles. The molecule has 2 heterocycles. The first kappa shape index (κ1) is 13.5. The topological polar surface area (TPSA) is 37.4 Å². The molecule has 0 spiro atoms. The van der Waals surface area contributed by atoms with E-state index in [1.165, 1.54) is 16.3 Å². The molecule has 20 heavy (non-hydrogen) atoms. The lowest BCUT2D eigenvalue weighted by Crippen LogP contribution is -2.45. The number of morpholine rings is 1. The van der Waals surface area contributed by atoms with E-state index in [0.29, 0.717) is 0 Å². The SMILES string of the molecule is CNCC1CN(Cc2cncc3ccccc23)CCO1. The molecule has 1 atom stereocenters. The zero-order valence-electron chi connectivity index (χ0n) is 11.9. The highest BCUT2D eigenvalue weighted by Crippen LogP contribution is 2.19. The molecule has 1 unspecified atom stereocenters. The number of hydrogen-bond acceptors (Lipinski definition) is 4. The molecular formula is C16H21N3O. The van der Waals surface area contributed by atoms with Crippen molar-refractivity contribution in [2.24, 2.45) is 0 Å². The minimum atomic E-state index is 0.289. The monoisotopic (exact) mass is 271 g/mol. The minimum Gasteiger partial charge on any atom is -0.374 e. The molecule has 1 aliphatic rings. The van der Waals surface area contributed by atoms with Gasteiger partial charge in [-0.15, -0.1) is 0 Å². The Morgan fingerprint density at radius 2 is 2.25 bits per heavy atom. The van der Waals surface area contributed by atoms with Gasteiger partial charge in [-0.2, -0.15) is 0 Å². The first-order valence-corrected chi connectivity index (χ1v) is 7.17. The lowest BCUT2D eigenvalue weighted by molar-refractivity contribution is -0.0290. The molecule has 1 saturated heterocycles. The van der Waals surface area contributed by atoms with Crippen LogP contribution in [-0.4, -0.2) is 49.3 Å². The maximum atomic E-state index is 5.75. The molecule has 0 aliphatic carbocycles. The normalized spacial score (nSPS) is 20.4. The molecule has 1 N–H and O–H groups in total. The van der Waals surface area contributed by atoms with E-state index in [-0.39, 0.29) is 6.10 Å². The van der Waals surface area contributed by atoms with Crippen LogP contribution in [0.5, 0.6) is 0 Å². The number of hydrogen-bond donors (Lipinski definition) is 1. The first-order chi connectivity index (χ1) is 9.86. The van der Waals surface area contributed by atoms with Gasteiger partial charge in [0.2, 0.25) is 0 Å². The van der Waals surface area contributed by atoms with Crippen molar-refractivity contribution < 1.29 is 4.74 Å². The molecule has 0 bridgehead atoms. The van der Waals surface area contributed by atoms with E-state index in [4.69, 9.17) is 4.74 Å². The van der Waals surface area contributed by atoms with Crippen molar-refractivity contribution >= 4 is 10.8 Å². The molecule has 1 aromatic heterocycles. The van der Waals surface area contributed by atoms with Crippen LogP contribution in [0.4, 0.5) is 0 Å². The zero-order chi connectivity index (χ0) is 13.8. The van der Waals surface area contributed by atoms with E-state index < -0.39 is 0 Å². The van der Waals surface area contributed by atoms with Crippen LogP contribution in [0.15, 0.2) is 36.7 Å². The number of nitrogens with one attached hydrogen (secondary N) is 1. The Bertz CT molecular complexity index is 565. The lowest BCUT2D eigenvalue weighted by Gasteiger charge is -2.33. The summed E-state index contributed by atoms with van der Waals surface area (Å²) in [4.78, 5) is 6.82. The molecule has 106 valence electrons. The van der Waals surface area contributed by atoms with Crippen molar-refractivity contribution in [3.05, 3.63) is 42.2 Å². The predicted octanol–water partition coefficient (Wildman–Crippen LogP) is 1.65. The van der Waals surface area contributed by atoms with Crippen molar-refractivity contribution in [1.82, 2.24) is 15.2 Å². The number of aromatic nitrogens is 1. The third-order valence-corrected chi connectivity index (χ3v) is 3.80. The quantitative estimate of drug-likeness (QED) is 0.917. The number of rotatable bonds is 4. The zero-order valence-corrected chi connectivity index (χ0v) is 11.9. The number of pyridine rings is 1. The summed E-state index contributed by atoms with van der Waals surface area (Å²) in [5, 5.41) is 5.71. The van der Waals surface area contributed by atoms with E-state index in [1.807, 2.05) is 19.4 Å². The fraction of sp³-hybridized carbons (Fsp3) is 0.438. The summed E-state index contributed by atoms with van der Waals surface area (Å²) in [6.07, 6.45) is 4.21. The maximum Gasteiger partial charge on any atom is 0.0826 e. The molecule has 4 nitrogen and oxygen atoms in total. The van der Waals surface area contributed by atoms with E-state index in [2.05, 4.69) is 39.5 Å². The Morgan fingerprint density at radius 1 is 1.35 bits per heavy atom. The molecule has 0 amide bonds. The van der Waals surface area contributed by atoms with Gasteiger partial charge >= 0.3 is 0 Å². The average Bonchev–Trinajstić information content (AvgIpc) is 2.48. The van der Waals surface area contributed by atoms with Gasteiger partial charge in [-0.3, -0.25) is 9.88 Å². The van der Waals surface area contributed by atoms with Crippen molar-refractivity contribution in [2.75, 3.05) is 33.3 Å². The Hall–Kier alpha value is -1.49. The summed E-state index contributed by atoms with van der Waals surface area (Å²) in [6, 6.07) is 8.45. The van der Waals surface area contributed by atoms with Gasteiger partial charge in [0.1, 0.15) is 0 Å². The third-order valence-electron chi connectivity index (χ3n) is 3.80. The van der Waals surface area contributed by atoms with Gasteiger partial charge in [-0.1, -0.05) is 24.3 Å². The second kappa shape index (κ2) is 6.31. The van der Waals surface area contributed by atoms with Crippen LogP contribution < -0.4 is 5.32 Å². The molecule has 1 fully saturated rings. The highest BCUT2D eigenvalue weighted by atomic mass is 16.5. The Labute approximate surface area is 119 Å². The molecule has 0 saturated carbocycles. The fourth-order valence-corrected chi connectivity index (χ4v) is 2.82. The molecule has 1 aliphatic heterocycles. The van der Waals surface area contributed by atoms with Gasteiger partial charge in [0, 0.05) is 44.0 Å². The highest BCUT2D eigenvalue weighted by molar-refractivity contribution is 5.84. The van der Waals surface area contributed by atoms with E-state index in [1.54, 1.807) is 0 Å². The number of benzene rings is 1. The smallest absolute Gasteiger partial charge is 0.0826 e. The van der Waals surface area contributed by atoms with Gasteiger partial charge in [0.05, 0.1) is 12.7 Å². The minimum absolute atomic E-state index is 0.289.